The van der Waals surface area contributed by atoms with E-state index in [9.17, 15) is 18.0 Å². The third-order valence-corrected chi connectivity index (χ3v) is 7.65. The van der Waals surface area contributed by atoms with Crippen LogP contribution in [0.5, 0.6) is 0 Å². The molecule has 7 nitrogen and oxygen atoms in total. The molecule has 1 aromatic carbocycles. The van der Waals surface area contributed by atoms with Crippen molar-refractivity contribution < 1.29 is 18.0 Å². The number of piperidine rings is 1. The number of fused-ring (bicyclic) bond motifs is 1. The van der Waals surface area contributed by atoms with Crippen molar-refractivity contribution in [2.24, 2.45) is 5.92 Å². The van der Waals surface area contributed by atoms with Gasteiger partial charge in [-0.2, -0.15) is 0 Å². The highest BCUT2D eigenvalue weighted by Crippen LogP contribution is 2.39. The Morgan fingerprint density at radius 2 is 1.89 bits per heavy atom. The number of hydrogen-bond donors (Lipinski definition) is 1. The second-order valence-corrected chi connectivity index (χ2v) is 9.46. The van der Waals surface area contributed by atoms with E-state index in [1.165, 1.54) is 12.1 Å². The Bertz CT molecular complexity index is 871. The first-order valence-corrected chi connectivity index (χ1v) is 11.0. The Labute approximate surface area is 159 Å². The van der Waals surface area contributed by atoms with E-state index in [1.54, 1.807) is 11.0 Å². The molecule has 1 aromatic rings. The molecule has 0 radical (unpaired) electrons. The number of nitrogens with one attached hydrogen (secondary N) is 1. The summed E-state index contributed by atoms with van der Waals surface area (Å²) in [7, 11) is -1.89. The fraction of sp³-hybridized carbons (Fsp3) is 0.579. The molecule has 2 aliphatic heterocycles. The third-order valence-electron chi connectivity index (χ3n) is 5.78. The summed E-state index contributed by atoms with van der Waals surface area (Å²) < 4.78 is 26.5. The minimum atomic E-state index is -3.83. The van der Waals surface area contributed by atoms with Crippen LogP contribution in [0.4, 0.5) is 0 Å². The molecule has 1 saturated carbocycles. The van der Waals surface area contributed by atoms with Gasteiger partial charge in [-0.15, -0.1) is 0 Å². The fourth-order valence-corrected chi connectivity index (χ4v) is 5.85. The molecule has 2 fully saturated rings. The maximum Gasteiger partial charge on any atom is 0.269 e. The van der Waals surface area contributed by atoms with Crippen LogP contribution in [0.25, 0.3) is 0 Å². The number of sulfonamides is 1. The van der Waals surface area contributed by atoms with E-state index in [-0.39, 0.29) is 22.4 Å². The SMILES string of the molecule is CNCCC1CCN(C(=O)c2ccc3c(c2)S(=O)(=O)N(C2CC2)C3=O)CC1. The Kier molecular flexibility index (Phi) is 4.71. The van der Waals surface area contributed by atoms with E-state index in [0.717, 1.165) is 30.1 Å². The monoisotopic (exact) mass is 391 g/mol. The molecule has 8 heteroatoms. The molecule has 3 aliphatic rings. The number of rotatable bonds is 5. The number of carbonyl (C=O) groups excluding carboxylic acids is 2. The summed E-state index contributed by atoms with van der Waals surface area (Å²) in [6.45, 7) is 2.35. The van der Waals surface area contributed by atoms with Crippen LogP contribution in [-0.4, -0.2) is 62.2 Å². The molecule has 1 N–H and O–H groups in total. The topological polar surface area (TPSA) is 86.8 Å². The summed E-state index contributed by atoms with van der Waals surface area (Å²) in [6, 6.07) is 4.24. The van der Waals surface area contributed by atoms with Crippen LogP contribution in [0.1, 0.15) is 52.8 Å². The Hall–Kier alpha value is -1.93. The molecule has 1 aliphatic carbocycles. The largest absolute Gasteiger partial charge is 0.339 e. The van der Waals surface area contributed by atoms with E-state index in [2.05, 4.69) is 5.32 Å². The molecule has 0 bridgehead atoms. The van der Waals surface area contributed by atoms with Gasteiger partial charge in [-0.05, 0) is 69.8 Å². The number of likely N-dealkylation sites (tertiary alicyclic amines) is 1. The second-order valence-electron chi connectivity index (χ2n) is 7.68. The lowest BCUT2D eigenvalue weighted by Gasteiger charge is -2.32. The second kappa shape index (κ2) is 6.91. The van der Waals surface area contributed by atoms with Gasteiger partial charge in [0.25, 0.3) is 21.8 Å². The Morgan fingerprint density at radius 3 is 2.52 bits per heavy atom. The van der Waals surface area contributed by atoms with Gasteiger partial charge in [0.2, 0.25) is 0 Å². The molecule has 1 saturated heterocycles. The highest BCUT2D eigenvalue weighted by molar-refractivity contribution is 7.90. The van der Waals surface area contributed by atoms with E-state index in [1.807, 2.05) is 7.05 Å². The summed E-state index contributed by atoms with van der Waals surface area (Å²) >= 11 is 0. The van der Waals surface area contributed by atoms with Crippen molar-refractivity contribution in [2.45, 2.75) is 43.0 Å². The number of amides is 2. The molecule has 0 atom stereocenters. The predicted molar refractivity (Wildman–Crippen MR) is 100.0 cm³/mol. The van der Waals surface area contributed by atoms with Crippen molar-refractivity contribution >= 4 is 21.8 Å². The average molecular weight is 391 g/mol. The Morgan fingerprint density at radius 1 is 1.19 bits per heavy atom. The minimum absolute atomic E-state index is 0.0193. The summed E-state index contributed by atoms with van der Waals surface area (Å²) in [5.41, 5.74) is 0.528. The summed E-state index contributed by atoms with van der Waals surface area (Å²) in [6.07, 6.45) is 4.46. The van der Waals surface area contributed by atoms with Gasteiger partial charge in [0.05, 0.1) is 5.56 Å². The van der Waals surface area contributed by atoms with E-state index in [4.69, 9.17) is 0 Å². The maximum absolute atomic E-state index is 12.9. The summed E-state index contributed by atoms with van der Waals surface area (Å²) in [5.74, 6) is 0.000791. The van der Waals surface area contributed by atoms with Gasteiger partial charge < -0.3 is 10.2 Å². The van der Waals surface area contributed by atoms with Gasteiger partial charge in [0.15, 0.2) is 0 Å². The van der Waals surface area contributed by atoms with Gasteiger partial charge in [0, 0.05) is 24.7 Å². The minimum Gasteiger partial charge on any atom is -0.339 e. The van der Waals surface area contributed by atoms with Crippen molar-refractivity contribution in [3.63, 3.8) is 0 Å². The van der Waals surface area contributed by atoms with Crippen molar-refractivity contribution in [2.75, 3.05) is 26.7 Å². The first-order chi connectivity index (χ1) is 12.9. The molecule has 4 rings (SSSR count). The van der Waals surface area contributed by atoms with Gasteiger partial charge in [-0.1, -0.05) is 0 Å². The molecule has 0 aromatic heterocycles. The highest BCUT2D eigenvalue weighted by atomic mass is 32.2. The molecular weight excluding hydrogens is 366 g/mol. The lowest BCUT2D eigenvalue weighted by atomic mass is 9.93. The first kappa shape index (κ1) is 18.4. The van der Waals surface area contributed by atoms with Crippen molar-refractivity contribution in [3.05, 3.63) is 29.3 Å². The molecule has 146 valence electrons. The van der Waals surface area contributed by atoms with Crippen LogP contribution in [0.3, 0.4) is 0 Å². The van der Waals surface area contributed by atoms with Crippen LogP contribution in [0.15, 0.2) is 23.1 Å². The zero-order valence-electron chi connectivity index (χ0n) is 15.5. The van der Waals surface area contributed by atoms with Crippen molar-refractivity contribution in [1.82, 2.24) is 14.5 Å². The number of nitrogens with zero attached hydrogens (tertiary/aromatic N) is 2. The van der Waals surface area contributed by atoms with Gasteiger partial charge in [-0.25, -0.2) is 12.7 Å². The van der Waals surface area contributed by atoms with Crippen molar-refractivity contribution in [1.29, 1.82) is 0 Å². The lowest BCUT2D eigenvalue weighted by molar-refractivity contribution is 0.0686. The van der Waals surface area contributed by atoms with E-state index < -0.39 is 15.9 Å². The molecular formula is C19H25N3O4S. The van der Waals surface area contributed by atoms with Crippen LogP contribution in [0.2, 0.25) is 0 Å². The number of benzene rings is 1. The van der Waals surface area contributed by atoms with Crippen LogP contribution >= 0.6 is 0 Å². The quantitative estimate of drug-likeness (QED) is 0.821. The zero-order chi connectivity index (χ0) is 19.2. The fourth-order valence-electron chi connectivity index (χ4n) is 4.01. The van der Waals surface area contributed by atoms with Crippen LogP contribution in [-0.2, 0) is 10.0 Å². The molecule has 27 heavy (non-hydrogen) atoms. The molecule has 0 spiro atoms. The van der Waals surface area contributed by atoms with Crippen molar-refractivity contribution in [3.8, 4) is 0 Å². The van der Waals surface area contributed by atoms with Crippen LogP contribution < -0.4 is 5.32 Å². The molecule has 2 amide bonds. The van der Waals surface area contributed by atoms with E-state index in [0.29, 0.717) is 37.4 Å². The normalized spacial score (nSPS) is 22.2. The van der Waals surface area contributed by atoms with Gasteiger partial charge >= 0.3 is 0 Å². The lowest BCUT2D eigenvalue weighted by Crippen LogP contribution is -2.39. The molecule has 2 heterocycles. The van der Waals surface area contributed by atoms with Gasteiger partial charge in [0.1, 0.15) is 4.90 Å². The van der Waals surface area contributed by atoms with Gasteiger partial charge in [-0.3, -0.25) is 9.59 Å². The first-order valence-electron chi connectivity index (χ1n) is 9.60. The highest BCUT2D eigenvalue weighted by Gasteiger charge is 2.48. The predicted octanol–water partition coefficient (Wildman–Crippen LogP) is 1.46. The Balaban J connectivity index is 1.51. The van der Waals surface area contributed by atoms with E-state index >= 15 is 0 Å². The average Bonchev–Trinajstić information content (AvgIpc) is 3.47. The maximum atomic E-state index is 12.9. The summed E-state index contributed by atoms with van der Waals surface area (Å²) in [4.78, 5) is 27.1. The summed E-state index contributed by atoms with van der Waals surface area (Å²) in [5, 5.41) is 3.16. The standard InChI is InChI=1S/C19H25N3O4S/c1-20-9-6-13-7-10-21(11-8-13)18(23)14-2-5-16-17(12-14)27(25,26)22(19(16)24)15-3-4-15/h2,5,12-13,15,20H,3-4,6-11H2,1H3. The smallest absolute Gasteiger partial charge is 0.269 e. The third kappa shape index (κ3) is 3.25. The zero-order valence-corrected chi connectivity index (χ0v) is 16.3. The number of hydrogen-bond acceptors (Lipinski definition) is 5. The number of carbonyl (C=O) groups is 2. The molecule has 0 unspecified atom stereocenters. The van der Waals surface area contributed by atoms with Crippen LogP contribution in [0, 0.1) is 5.92 Å².